The molecule has 1 rings (SSSR count). The van der Waals surface area contributed by atoms with Crippen molar-refractivity contribution in [3.05, 3.63) is 23.3 Å². The van der Waals surface area contributed by atoms with Crippen LogP contribution in [0, 0.1) is 5.41 Å². The third-order valence-electron chi connectivity index (χ3n) is 2.23. The molecule has 0 aliphatic heterocycles. The highest BCUT2D eigenvalue weighted by Crippen LogP contribution is 2.33. The van der Waals surface area contributed by atoms with Gasteiger partial charge in [-0.15, -0.1) is 0 Å². The molecule has 72 valence electrons. The molecule has 0 aromatic carbocycles. The van der Waals surface area contributed by atoms with E-state index in [-0.39, 0.29) is 5.57 Å². The Kier molecular flexibility index (Phi) is 2.30. The maximum absolute atomic E-state index is 10.7. The molecule has 0 saturated heterocycles. The number of rotatable bonds is 1. The number of aliphatic hydroxyl groups is 1. The lowest BCUT2D eigenvalue weighted by Crippen LogP contribution is -2.34. The Bertz CT molecular complexity index is 297. The Labute approximate surface area is 77.4 Å². The summed E-state index contributed by atoms with van der Waals surface area (Å²) < 4.78 is 0. The van der Waals surface area contributed by atoms with Crippen LogP contribution in [-0.4, -0.2) is 22.3 Å². The quantitative estimate of drug-likeness (QED) is 0.643. The Morgan fingerprint density at radius 3 is 2.54 bits per heavy atom. The van der Waals surface area contributed by atoms with E-state index in [1.807, 2.05) is 26.8 Å². The van der Waals surface area contributed by atoms with Crippen molar-refractivity contribution in [3.8, 4) is 0 Å². The van der Waals surface area contributed by atoms with E-state index in [4.69, 9.17) is 5.11 Å². The van der Waals surface area contributed by atoms with Gasteiger partial charge >= 0.3 is 5.97 Å². The van der Waals surface area contributed by atoms with Gasteiger partial charge in [-0.05, 0) is 13.0 Å². The zero-order valence-corrected chi connectivity index (χ0v) is 8.03. The first-order valence-electron chi connectivity index (χ1n) is 4.17. The van der Waals surface area contributed by atoms with Gasteiger partial charge in [0, 0.05) is 5.41 Å². The van der Waals surface area contributed by atoms with E-state index in [1.54, 1.807) is 0 Å². The molecule has 3 nitrogen and oxygen atoms in total. The van der Waals surface area contributed by atoms with Crippen LogP contribution in [0.1, 0.15) is 20.8 Å². The fraction of sp³-hybridized carbons (Fsp3) is 0.500. The summed E-state index contributed by atoms with van der Waals surface area (Å²) in [5.74, 6) is -1.05. The monoisotopic (exact) mass is 182 g/mol. The van der Waals surface area contributed by atoms with Crippen LogP contribution in [0.15, 0.2) is 23.3 Å². The number of hydrogen-bond acceptors (Lipinski definition) is 2. The average molecular weight is 182 g/mol. The Morgan fingerprint density at radius 1 is 1.54 bits per heavy atom. The lowest BCUT2D eigenvalue weighted by atomic mass is 9.77. The van der Waals surface area contributed by atoms with Gasteiger partial charge < -0.3 is 10.2 Å². The summed E-state index contributed by atoms with van der Waals surface area (Å²) in [7, 11) is 0. The maximum Gasteiger partial charge on any atom is 0.334 e. The van der Waals surface area contributed by atoms with Crippen LogP contribution >= 0.6 is 0 Å². The zero-order chi connectivity index (χ0) is 10.2. The second kappa shape index (κ2) is 3.00. The van der Waals surface area contributed by atoms with E-state index in [0.717, 1.165) is 5.57 Å². The smallest absolute Gasteiger partial charge is 0.334 e. The number of carboxylic acids is 1. The second-order valence-corrected chi connectivity index (χ2v) is 4.02. The van der Waals surface area contributed by atoms with Gasteiger partial charge in [-0.25, -0.2) is 4.79 Å². The van der Waals surface area contributed by atoms with Crippen LogP contribution in [0.5, 0.6) is 0 Å². The first-order valence-corrected chi connectivity index (χ1v) is 4.17. The molecule has 0 amide bonds. The molecule has 0 saturated carbocycles. The van der Waals surface area contributed by atoms with Gasteiger partial charge in [-0.3, -0.25) is 0 Å². The van der Waals surface area contributed by atoms with E-state index in [9.17, 15) is 9.90 Å². The van der Waals surface area contributed by atoms with Crippen molar-refractivity contribution in [2.45, 2.75) is 26.9 Å². The lowest BCUT2D eigenvalue weighted by molar-refractivity contribution is -0.134. The number of carbonyl (C=O) groups is 1. The SMILES string of the molecule is CC1=CC(C)(C)C(O)C(C(=O)O)=C1. The predicted octanol–water partition coefficient (Wildman–Crippen LogP) is 1.34. The molecule has 0 fully saturated rings. The molecule has 1 unspecified atom stereocenters. The standard InChI is InChI=1S/C10H14O3/c1-6-4-7(9(12)13)8(11)10(2,3)5-6/h4-5,8,11H,1-3H3,(H,12,13). The van der Waals surface area contributed by atoms with E-state index in [1.165, 1.54) is 6.08 Å². The average Bonchev–Trinajstić information content (AvgIpc) is 1.95. The normalized spacial score (nSPS) is 26.3. The van der Waals surface area contributed by atoms with Crippen LogP contribution in [0.2, 0.25) is 0 Å². The van der Waals surface area contributed by atoms with Gasteiger partial charge in [0.1, 0.15) is 0 Å². The first kappa shape index (κ1) is 9.99. The molecule has 2 N–H and O–H groups in total. The molecule has 3 heteroatoms. The second-order valence-electron chi connectivity index (χ2n) is 4.02. The van der Waals surface area contributed by atoms with Gasteiger partial charge in [0.2, 0.25) is 0 Å². The molecule has 0 spiro atoms. The summed E-state index contributed by atoms with van der Waals surface area (Å²) >= 11 is 0. The minimum atomic E-state index is -1.05. The first-order chi connectivity index (χ1) is 5.84. The summed E-state index contributed by atoms with van der Waals surface area (Å²) in [5.41, 5.74) is 0.463. The van der Waals surface area contributed by atoms with Gasteiger partial charge in [-0.1, -0.05) is 25.5 Å². The number of aliphatic carboxylic acids is 1. The van der Waals surface area contributed by atoms with Crippen molar-refractivity contribution in [1.82, 2.24) is 0 Å². The molecule has 1 aliphatic rings. The summed E-state index contributed by atoms with van der Waals surface area (Å²) in [6, 6.07) is 0. The lowest BCUT2D eigenvalue weighted by Gasteiger charge is -2.31. The third kappa shape index (κ3) is 1.80. The van der Waals surface area contributed by atoms with E-state index in [0.29, 0.717) is 0 Å². The van der Waals surface area contributed by atoms with Crippen molar-refractivity contribution in [1.29, 1.82) is 0 Å². The Hall–Kier alpha value is -1.09. The highest BCUT2D eigenvalue weighted by Gasteiger charge is 2.34. The number of hydrogen-bond donors (Lipinski definition) is 2. The molecular formula is C10H14O3. The highest BCUT2D eigenvalue weighted by atomic mass is 16.4. The van der Waals surface area contributed by atoms with Gasteiger partial charge in [-0.2, -0.15) is 0 Å². The number of allylic oxidation sites excluding steroid dienone is 2. The summed E-state index contributed by atoms with van der Waals surface area (Å²) in [5, 5.41) is 18.5. The minimum Gasteiger partial charge on any atom is -0.478 e. The summed E-state index contributed by atoms with van der Waals surface area (Å²) in [6.45, 7) is 5.46. The van der Waals surface area contributed by atoms with Gasteiger partial charge in [0.15, 0.2) is 0 Å². The van der Waals surface area contributed by atoms with Crippen molar-refractivity contribution in [3.63, 3.8) is 0 Å². The molecule has 0 bridgehead atoms. The molecular weight excluding hydrogens is 168 g/mol. The van der Waals surface area contributed by atoms with Gasteiger partial charge in [0.25, 0.3) is 0 Å². The molecule has 1 aliphatic carbocycles. The van der Waals surface area contributed by atoms with Crippen LogP contribution < -0.4 is 0 Å². The summed E-state index contributed by atoms with van der Waals surface area (Å²) in [6.07, 6.45) is 2.47. The molecule has 1 atom stereocenters. The van der Waals surface area contributed by atoms with Crippen LogP contribution in [-0.2, 0) is 4.79 Å². The van der Waals surface area contributed by atoms with E-state index < -0.39 is 17.5 Å². The van der Waals surface area contributed by atoms with E-state index >= 15 is 0 Å². The van der Waals surface area contributed by atoms with E-state index in [2.05, 4.69) is 0 Å². The molecule has 0 heterocycles. The van der Waals surface area contributed by atoms with Crippen molar-refractivity contribution < 1.29 is 15.0 Å². The molecule has 0 radical (unpaired) electrons. The fourth-order valence-electron chi connectivity index (χ4n) is 1.61. The van der Waals surface area contributed by atoms with Crippen molar-refractivity contribution in [2.24, 2.45) is 5.41 Å². The number of carboxylic acid groups (broad SMARTS) is 1. The minimum absolute atomic E-state index is 0.0741. The van der Waals surface area contributed by atoms with Crippen LogP contribution in [0.25, 0.3) is 0 Å². The highest BCUT2D eigenvalue weighted by molar-refractivity contribution is 5.89. The summed E-state index contributed by atoms with van der Waals surface area (Å²) in [4.78, 5) is 10.7. The molecule has 13 heavy (non-hydrogen) atoms. The topological polar surface area (TPSA) is 57.5 Å². The molecule has 0 aromatic rings. The number of aliphatic hydroxyl groups excluding tert-OH is 1. The van der Waals surface area contributed by atoms with Crippen molar-refractivity contribution >= 4 is 5.97 Å². The van der Waals surface area contributed by atoms with Crippen LogP contribution in [0.4, 0.5) is 0 Å². The maximum atomic E-state index is 10.7. The Balaban J connectivity index is 3.12. The van der Waals surface area contributed by atoms with Crippen LogP contribution in [0.3, 0.4) is 0 Å². The fourth-order valence-corrected chi connectivity index (χ4v) is 1.61. The largest absolute Gasteiger partial charge is 0.478 e. The Morgan fingerprint density at radius 2 is 2.08 bits per heavy atom. The molecule has 0 aromatic heterocycles. The van der Waals surface area contributed by atoms with Gasteiger partial charge in [0.05, 0.1) is 11.7 Å². The predicted molar refractivity (Wildman–Crippen MR) is 49.3 cm³/mol. The third-order valence-corrected chi connectivity index (χ3v) is 2.23. The zero-order valence-electron chi connectivity index (χ0n) is 8.03. The van der Waals surface area contributed by atoms with Crippen molar-refractivity contribution in [2.75, 3.05) is 0 Å².